The number of hydrogen-bond donors (Lipinski definition) is 1. The quantitative estimate of drug-likeness (QED) is 0.897. The van der Waals surface area contributed by atoms with E-state index < -0.39 is 5.54 Å². The number of carbonyl (C=O) groups excluding carboxylic acids is 1. The maximum Gasteiger partial charge on any atom is 0.185 e. The van der Waals surface area contributed by atoms with Gasteiger partial charge in [-0.05, 0) is 43.5 Å². The van der Waals surface area contributed by atoms with Crippen molar-refractivity contribution in [2.24, 2.45) is 0 Å². The summed E-state index contributed by atoms with van der Waals surface area (Å²) in [5, 5.41) is 3.39. The van der Waals surface area contributed by atoms with Crippen molar-refractivity contribution in [3.05, 3.63) is 29.8 Å². The fourth-order valence-electron chi connectivity index (χ4n) is 3.06. The van der Waals surface area contributed by atoms with Crippen molar-refractivity contribution < 1.29 is 14.3 Å². The molecule has 0 aliphatic heterocycles. The first-order chi connectivity index (χ1) is 9.67. The molecule has 0 saturated heterocycles. The largest absolute Gasteiger partial charge is 0.497 e. The zero-order chi connectivity index (χ0) is 14.6. The van der Waals surface area contributed by atoms with Gasteiger partial charge in [0.05, 0.1) is 7.11 Å². The van der Waals surface area contributed by atoms with Crippen LogP contribution in [0.4, 0.5) is 0 Å². The van der Waals surface area contributed by atoms with Crippen molar-refractivity contribution in [1.82, 2.24) is 5.32 Å². The Bertz CT molecular complexity index is 471. The van der Waals surface area contributed by atoms with Crippen LogP contribution in [-0.2, 0) is 15.1 Å². The molecule has 110 valence electrons. The average Bonchev–Trinajstić information content (AvgIpc) is 2.49. The number of likely N-dealkylation sites (N-methyl/N-ethyl adjacent to an activating group) is 1. The Balaban J connectivity index is 2.44. The number of rotatable bonds is 5. The number of carbonyl (C=O) groups is 1. The number of hydrogen-bond acceptors (Lipinski definition) is 4. The second kappa shape index (κ2) is 6.37. The summed E-state index contributed by atoms with van der Waals surface area (Å²) >= 11 is 0. The zero-order valence-corrected chi connectivity index (χ0v) is 12.4. The second-order valence-corrected chi connectivity index (χ2v) is 5.15. The van der Waals surface area contributed by atoms with Crippen LogP contribution in [0.1, 0.15) is 31.7 Å². The van der Waals surface area contributed by atoms with Gasteiger partial charge in [-0.15, -0.1) is 0 Å². The van der Waals surface area contributed by atoms with Crippen LogP contribution in [0.25, 0.3) is 0 Å². The van der Waals surface area contributed by atoms with E-state index in [1.807, 2.05) is 31.2 Å². The third-order valence-electron chi connectivity index (χ3n) is 4.06. The molecular weight excluding hydrogens is 254 g/mol. The Hall–Kier alpha value is -1.39. The molecule has 20 heavy (non-hydrogen) atoms. The Morgan fingerprint density at radius 3 is 2.85 bits per heavy atom. The molecule has 2 atom stereocenters. The minimum Gasteiger partial charge on any atom is -0.497 e. The van der Waals surface area contributed by atoms with E-state index in [1.165, 1.54) is 0 Å². The predicted molar refractivity (Wildman–Crippen MR) is 78.0 cm³/mol. The van der Waals surface area contributed by atoms with E-state index in [0.717, 1.165) is 37.1 Å². The Labute approximate surface area is 120 Å². The first-order valence-electron chi connectivity index (χ1n) is 7.14. The normalized spacial score (nSPS) is 26.6. The maximum atomic E-state index is 12.8. The van der Waals surface area contributed by atoms with Crippen LogP contribution in [0.5, 0.6) is 5.75 Å². The Morgan fingerprint density at radius 1 is 1.40 bits per heavy atom. The molecule has 1 N–H and O–H groups in total. The summed E-state index contributed by atoms with van der Waals surface area (Å²) in [5.41, 5.74) is 0.313. The first-order valence-corrected chi connectivity index (χ1v) is 7.14. The van der Waals surface area contributed by atoms with Gasteiger partial charge in [-0.2, -0.15) is 0 Å². The lowest BCUT2D eigenvalue weighted by Crippen LogP contribution is -2.56. The molecule has 2 rings (SSSR count). The third-order valence-corrected chi connectivity index (χ3v) is 4.06. The molecule has 1 saturated carbocycles. The molecule has 0 aromatic heterocycles. The van der Waals surface area contributed by atoms with Gasteiger partial charge in [-0.25, -0.2) is 0 Å². The van der Waals surface area contributed by atoms with Gasteiger partial charge >= 0.3 is 0 Å². The molecule has 0 heterocycles. The van der Waals surface area contributed by atoms with Gasteiger partial charge in [0, 0.05) is 7.11 Å². The highest BCUT2D eigenvalue weighted by atomic mass is 16.5. The number of methoxy groups -OCH3 is 2. The van der Waals surface area contributed by atoms with E-state index in [1.54, 1.807) is 14.2 Å². The summed E-state index contributed by atoms with van der Waals surface area (Å²) in [6, 6.07) is 7.75. The SMILES string of the molecule is CCN[C@@]1(c2cccc(OC)c2)CCC[C@@H](OC)C1=O. The lowest BCUT2D eigenvalue weighted by Gasteiger charge is -2.40. The summed E-state index contributed by atoms with van der Waals surface area (Å²) in [4.78, 5) is 12.8. The van der Waals surface area contributed by atoms with Crippen molar-refractivity contribution in [3.8, 4) is 5.75 Å². The van der Waals surface area contributed by atoms with Crippen molar-refractivity contribution >= 4 is 5.78 Å². The molecule has 1 aromatic rings. The fraction of sp³-hybridized carbons (Fsp3) is 0.562. The van der Waals surface area contributed by atoms with Gasteiger partial charge in [0.25, 0.3) is 0 Å². The number of Topliss-reactive ketones (excluding diaryl/α,β-unsaturated/α-hetero) is 1. The van der Waals surface area contributed by atoms with Crippen LogP contribution in [0, 0.1) is 0 Å². The van der Waals surface area contributed by atoms with Gasteiger partial charge < -0.3 is 14.8 Å². The molecule has 1 aliphatic carbocycles. The molecule has 0 spiro atoms. The molecule has 4 nitrogen and oxygen atoms in total. The van der Waals surface area contributed by atoms with Crippen LogP contribution in [0.15, 0.2) is 24.3 Å². The summed E-state index contributed by atoms with van der Waals surface area (Å²) in [7, 11) is 3.25. The van der Waals surface area contributed by atoms with Crippen LogP contribution in [0.2, 0.25) is 0 Å². The summed E-state index contributed by atoms with van der Waals surface area (Å²) < 4.78 is 10.6. The summed E-state index contributed by atoms with van der Waals surface area (Å²) in [5.74, 6) is 0.897. The molecule has 1 aliphatic rings. The number of nitrogens with one attached hydrogen (secondary N) is 1. The highest BCUT2D eigenvalue weighted by Gasteiger charge is 2.45. The lowest BCUT2D eigenvalue weighted by molar-refractivity contribution is -0.140. The van der Waals surface area contributed by atoms with E-state index in [2.05, 4.69) is 5.32 Å². The molecule has 0 bridgehead atoms. The maximum absolute atomic E-state index is 12.8. The van der Waals surface area contributed by atoms with E-state index in [9.17, 15) is 4.79 Å². The number of benzene rings is 1. The van der Waals surface area contributed by atoms with Gasteiger partial charge in [0.2, 0.25) is 0 Å². The molecule has 4 heteroatoms. The van der Waals surface area contributed by atoms with E-state index >= 15 is 0 Å². The number of ketones is 1. The van der Waals surface area contributed by atoms with Crippen LogP contribution >= 0.6 is 0 Å². The molecule has 0 radical (unpaired) electrons. The molecule has 0 unspecified atom stereocenters. The van der Waals surface area contributed by atoms with Crippen molar-refractivity contribution in [2.45, 2.75) is 37.8 Å². The topological polar surface area (TPSA) is 47.6 Å². The van der Waals surface area contributed by atoms with Gasteiger partial charge in [0.15, 0.2) is 5.78 Å². The molecule has 1 fully saturated rings. The van der Waals surface area contributed by atoms with E-state index in [4.69, 9.17) is 9.47 Å². The first kappa shape index (κ1) is 15.0. The summed E-state index contributed by atoms with van der Waals surface area (Å²) in [6.45, 7) is 2.75. The van der Waals surface area contributed by atoms with E-state index in [-0.39, 0.29) is 11.9 Å². The van der Waals surface area contributed by atoms with Crippen LogP contribution in [0.3, 0.4) is 0 Å². The zero-order valence-electron chi connectivity index (χ0n) is 12.4. The monoisotopic (exact) mass is 277 g/mol. The number of ether oxygens (including phenoxy) is 2. The predicted octanol–water partition coefficient (Wildman–Crippen LogP) is 2.27. The van der Waals surface area contributed by atoms with Crippen molar-refractivity contribution in [2.75, 3.05) is 20.8 Å². The fourth-order valence-corrected chi connectivity index (χ4v) is 3.06. The van der Waals surface area contributed by atoms with Gasteiger partial charge in [-0.3, -0.25) is 4.79 Å². The Morgan fingerprint density at radius 2 is 2.20 bits per heavy atom. The standard InChI is InChI=1S/C16H23NO3/c1-4-17-16(10-6-9-14(20-3)15(16)18)12-7-5-8-13(11-12)19-2/h5,7-8,11,14,17H,4,6,9-10H2,1-3H3/t14-,16-/m1/s1. The van der Waals surface area contributed by atoms with Crippen molar-refractivity contribution in [3.63, 3.8) is 0 Å². The molecular formula is C16H23NO3. The van der Waals surface area contributed by atoms with Crippen LogP contribution < -0.4 is 10.1 Å². The van der Waals surface area contributed by atoms with Crippen LogP contribution in [-0.4, -0.2) is 32.7 Å². The lowest BCUT2D eigenvalue weighted by atomic mass is 9.74. The molecule has 0 amide bonds. The average molecular weight is 277 g/mol. The highest BCUT2D eigenvalue weighted by Crippen LogP contribution is 2.36. The second-order valence-electron chi connectivity index (χ2n) is 5.15. The van der Waals surface area contributed by atoms with E-state index in [0.29, 0.717) is 0 Å². The van der Waals surface area contributed by atoms with Gasteiger partial charge in [-0.1, -0.05) is 19.1 Å². The molecule has 1 aromatic carbocycles. The third kappa shape index (κ3) is 2.58. The minimum atomic E-state index is -0.651. The van der Waals surface area contributed by atoms with Crippen molar-refractivity contribution in [1.29, 1.82) is 0 Å². The minimum absolute atomic E-state index is 0.126. The Kier molecular flexibility index (Phi) is 4.78. The highest BCUT2D eigenvalue weighted by molar-refractivity contribution is 5.94. The smallest absolute Gasteiger partial charge is 0.185 e. The summed E-state index contributed by atoms with van der Waals surface area (Å²) in [6.07, 6.45) is 2.24. The van der Waals surface area contributed by atoms with Gasteiger partial charge in [0.1, 0.15) is 17.4 Å².